The van der Waals surface area contributed by atoms with E-state index in [1.54, 1.807) is 36.4 Å². The Labute approximate surface area is 330 Å². The molecule has 52 heavy (non-hydrogen) atoms. The summed E-state index contributed by atoms with van der Waals surface area (Å²) in [7, 11) is 0. The van der Waals surface area contributed by atoms with E-state index < -0.39 is 0 Å². The highest BCUT2D eigenvalue weighted by Gasteiger charge is 2.24. The zero-order valence-corrected chi connectivity index (χ0v) is 33.6. The predicted octanol–water partition coefficient (Wildman–Crippen LogP) is 10.6. The van der Waals surface area contributed by atoms with Crippen molar-refractivity contribution in [3.8, 4) is 0 Å². The molecule has 3 fully saturated rings. The Morgan fingerprint density at radius 1 is 0.712 bits per heavy atom. The van der Waals surface area contributed by atoms with Crippen LogP contribution in [-0.4, -0.2) is 97.1 Å². The topological polar surface area (TPSA) is 71.2 Å². The summed E-state index contributed by atoms with van der Waals surface area (Å²) in [4.78, 5) is 33.7. The third-order valence-electron chi connectivity index (χ3n) is 10.7. The van der Waals surface area contributed by atoms with Crippen molar-refractivity contribution >= 4 is 69.8 Å². The average Bonchev–Trinajstić information content (AvgIpc) is 3.15. The normalized spacial score (nSPS) is 21.5. The van der Waals surface area contributed by atoms with Crippen LogP contribution in [0.1, 0.15) is 65.2 Å². The fraction of sp³-hybridized carbons (Fsp3) is 0.550. The molecule has 0 spiro atoms. The largest absolute Gasteiger partial charge is 0.324 e. The fourth-order valence-corrected chi connectivity index (χ4v) is 8.22. The molecular formula is C40H54Cl4N6O2. The Balaban J connectivity index is 0.000000201. The summed E-state index contributed by atoms with van der Waals surface area (Å²) in [5.41, 5.74) is 4.35. The van der Waals surface area contributed by atoms with Crippen molar-refractivity contribution in [3.05, 3.63) is 79.8 Å². The molecule has 4 aliphatic rings. The SMILES string of the molecule is CCN1CCCC(C=C2CCN(C(=O)Nc3ccc(Cl)c(Cl)c3)CC2)C1.CCN1CCCC(CC2=CCN(C(=O)Nc3ccc(Cl)c(Cl)c3)CC2)C1. The van der Waals surface area contributed by atoms with Gasteiger partial charge in [-0.2, -0.15) is 0 Å². The van der Waals surface area contributed by atoms with Gasteiger partial charge in [-0.1, -0.05) is 83.5 Å². The fourth-order valence-electron chi connectivity index (χ4n) is 7.62. The maximum atomic E-state index is 12.5. The van der Waals surface area contributed by atoms with E-state index in [4.69, 9.17) is 46.4 Å². The molecule has 284 valence electrons. The lowest BCUT2D eigenvalue weighted by Crippen LogP contribution is -2.39. The number of urea groups is 2. The third-order valence-corrected chi connectivity index (χ3v) is 12.2. The molecule has 0 aliphatic carbocycles. The van der Waals surface area contributed by atoms with Gasteiger partial charge in [0.1, 0.15) is 0 Å². The zero-order valence-electron chi connectivity index (χ0n) is 30.6. The van der Waals surface area contributed by atoms with Gasteiger partial charge in [-0.05, 0) is 126 Å². The van der Waals surface area contributed by atoms with Gasteiger partial charge in [0.25, 0.3) is 0 Å². The van der Waals surface area contributed by atoms with E-state index in [2.05, 4.69) is 46.4 Å². The predicted molar refractivity (Wildman–Crippen MR) is 218 cm³/mol. The van der Waals surface area contributed by atoms with E-state index >= 15 is 0 Å². The Bertz CT molecular complexity index is 1580. The van der Waals surface area contributed by atoms with Gasteiger partial charge in [0.05, 0.1) is 20.1 Å². The smallest absolute Gasteiger partial charge is 0.322 e. The minimum atomic E-state index is -0.0893. The van der Waals surface area contributed by atoms with Crippen LogP contribution in [0.2, 0.25) is 20.1 Å². The summed E-state index contributed by atoms with van der Waals surface area (Å²) in [5.74, 6) is 1.45. The van der Waals surface area contributed by atoms with Crippen molar-refractivity contribution < 1.29 is 9.59 Å². The Kier molecular flexibility index (Phi) is 15.9. The molecule has 3 saturated heterocycles. The van der Waals surface area contributed by atoms with Crippen LogP contribution >= 0.6 is 46.4 Å². The summed E-state index contributed by atoms with van der Waals surface area (Å²) >= 11 is 23.8. The molecule has 4 heterocycles. The van der Waals surface area contributed by atoms with E-state index in [1.165, 1.54) is 69.4 Å². The van der Waals surface area contributed by atoms with Gasteiger partial charge in [-0.3, -0.25) is 0 Å². The number of carbonyl (C=O) groups excluding carboxylic acids is 2. The van der Waals surface area contributed by atoms with Gasteiger partial charge in [0, 0.05) is 50.6 Å². The van der Waals surface area contributed by atoms with Crippen molar-refractivity contribution in [2.24, 2.45) is 11.8 Å². The first-order valence-corrected chi connectivity index (χ1v) is 20.5. The van der Waals surface area contributed by atoms with Gasteiger partial charge in [0.15, 0.2) is 0 Å². The summed E-state index contributed by atoms with van der Waals surface area (Å²) in [6, 6.07) is 10.1. The van der Waals surface area contributed by atoms with Gasteiger partial charge < -0.3 is 30.2 Å². The van der Waals surface area contributed by atoms with Crippen LogP contribution in [0, 0.1) is 11.8 Å². The molecule has 12 heteroatoms. The highest BCUT2D eigenvalue weighted by atomic mass is 35.5. The first-order chi connectivity index (χ1) is 25.1. The van der Waals surface area contributed by atoms with E-state index in [9.17, 15) is 9.59 Å². The van der Waals surface area contributed by atoms with Crippen LogP contribution in [-0.2, 0) is 0 Å². The number of nitrogens with one attached hydrogen (secondary N) is 2. The molecule has 0 aromatic heterocycles. The first kappa shape index (κ1) is 40.7. The number of piperidine rings is 3. The Morgan fingerprint density at radius 3 is 1.83 bits per heavy atom. The van der Waals surface area contributed by atoms with Crippen molar-refractivity contribution in [3.63, 3.8) is 0 Å². The Hall–Kier alpha value is -2.46. The maximum Gasteiger partial charge on any atom is 0.322 e. The second-order valence-electron chi connectivity index (χ2n) is 14.4. The Morgan fingerprint density at radius 2 is 1.27 bits per heavy atom. The molecule has 0 radical (unpaired) electrons. The number of carbonyl (C=O) groups is 2. The van der Waals surface area contributed by atoms with E-state index in [0.717, 1.165) is 57.9 Å². The number of amides is 4. The molecule has 2 atom stereocenters. The summed E-state index contributed by atoms with van der Waals surface area (Å²) < 4.78 is 0. The third kappa shape index (κ3) is 12.3. The van der Waals surface area contributed by atoms with Gasteiger partial charge >= 0.3 is 12.1 Å². The first-order valence-electron chi connectivity index (χ1n) is 18.9. The molecule has 6 rings (SSSR count). The molecular weight excluding hydrogens is 738 g/mol. The lowest BCUT2D eigenvalue weighted by Gasteiger charge is -2.34. The van der Waals surface area contributed by atoms with Gasteiger partial charge in [-0.25, -0.2) is 9.59 Å². The molecule has 4 aliphatic heterocycles. The van der Waals surface area contributed by atoms with Gasteiger partial charge in [-0.15, -0.1) is 0 Å². The molecule has 2 aromatic carbocycles. The van der Waals surface area contributed by atoms with E-state index in [0.29, 0.717) is 43.9 Å². The van der Waals surface area contributed by atoms with Crippen LogP contribution < -0.4 is 10.6 Å². The number of nitrogens with zero attached hydrogens (tertiary/aromatic N) is 4. The average molecular weight is 793 g/mol. The lowest BCUT2D eigenvalue weighted by molar-refractivity contribution is 0.180. The van der Waals surface area contributed by atoms with Crippen molar-refractivity contribution in [1.82, 2.24) is 19.6 Å². The van der Waals surface area contributed by atoms with Crippen molar-refractivity contribution in [1.29, 1.82) is 0 Å². The minimum absolute atomic E-state index is 0.0720. The molecule has 2 aromatic rings. The number of benzene rings is 2. The summed E-state index contributed by atoms with van der Waals surface area (Å²) in [5, 5.41) is 7.67. The number of anilines is 2. The van der Waals surface area contributed by atoms with E-state index in [-0.39, 0.29) is 12.1 Å². The van der Waals surface area contributed by atoms with Crippen LogP contribution in [0.5, 0.6) is 0 Å². The molecule has 0 bridgehead atoms. The lowest BCUT2D eigenvalue weighted by atomic mass is 9.89. The van der Waals surface area contributed by atoms with Crippen LogP contribution in [0.4, 0.5) is 21.0 Å². The zero-order chi connectivity index (χ0) is 37.0. The summed E-state index contributed by atoms with van der Waals surface area (Å²) in [6.45, 7) is 14.6. The van der Waals surface area contributed by atoms with E-state index in [1.807, 2.05) is 9.80 Å². The van der Waals surface area contributed by atoms with Crippen LogP contribution in [0.3, 0.4) is 0 Å². The standard InChI is InChI=1S/2C20H27Cl2N3O/c2*1-2-24-9-3-4-16(14-24)12-15-7-10-25(11-8-15)20(26)23-17-5-6-18(21)19(22)13-17/h5-6,12-13,16H,2-4,7-11,14H2,1H3,(H,23,26);5-7,13,16H,2-4,8-12,14H2,1H3,(H,23,26). The maximum absolute atomic E-state index is 12.5. The van der Waals surface area contributed by atoms with Crippen molar-refractivity contribution in [2.75, 3.05) is 76.1 Å². The molecule has 4 amide bonds. The number of likely N-dealkylation sites (tertiary alicyclic amines) is 3. The monoisotopic (exact) mass is 790 g/mol. The van der Waals surface area contributed by atoms with Crippen LogP contribution in [0.25, 0.3) is 0 Å². The number of halogens is 4. The molecule has 2 N–H and O–H groups in total. The highest BCUT2D eigenvalue weighted by Crippen LogP contribution is 2.29. The quantitative estimate of drug-likeness (QED) is 0.274. The second kappa shape index (κ2) is 20.3. The molecule has 2 unspecified atom stereocenters. The second-order valence-corrected chi connectivity index (χ2v) is 16.0. The number of rotatable bonds is 7. The minimum Gasteiger partial charge on any atom is -0.324 e. The van der Waals surface area contributed by atoms with Gasteiger partial charge in [0.2, 0.25) is 0 Å². The van der Waals surface area contributed by atoms with Crippen molar-refractivity contribution in [2.45, 2.75) is 65.2 Å². The highest BCUT2D eigenvalue weighted by molar-refractivity contribution is 6.42. The number of hydrogen-bond acceptors (Lipinski definition) is 4. The number of hydrogen-bond donors (Lipinski definition) is 2. The van der Waals surface area contributed by atoms with Crippen LogP contribution in [0.15, 0.2) is 59.7 Å². The molecule has 8 nitrogen and oxygen atoms in total. The molecule has 0 saturated carbocycles. The summed E-state index contributed by atoms with van der Waals surface area (Å²) in [6.07, 6.45) is 14.0.